The molecule has 2 heterocycles. The third-order valence-electron chi connectivity index (χ3n) is 2.23. The molecule has 0 aliphatic heterocycles. The van der Waals surface area contributed by atoms with E-state index in [1.807, 2.05) is 0 Å². The van der Waals surface area contributed by atoms with Gasteiger partial charge < -0.3 is 10.3 Å². The Kier molecular flexibility index (Phi) is 2.45. The molecule has 0 bridgehead atoms. The van der Waals surface area contributed by atoms with Crippen LogP contribution in [0.5, 0.6) is 0 Å². The van der Waals surface area contributed by atoms with Gasteiger partial charge in [-0.05, 0) is 24.3 Å². The molecule has 0 aliphatic rings. The van der Waals surface area contributed by atoms with E-state index in [-0.39, 0.29) is 11.8 Å². The van der Waals surface area contributed by atoms with Crippen molar-refractivity contribution in [1.82, 2.24) is 25.3 Å². The van der Waals surface area contributed by atoms with E-state index >= 15 is 0 Å². The van der Waals surface area contributed by atoms with Gasteiger partial charge in [0.1, 0.15) is 0 Å². The van der Waals surface area contributed by atoms with E-state index in [9.17, 15) is 0 Å². The number of aromatic amines is 1. The summed E-state index contributed by atoms with van der Waals surface area (Å²) < 4.78 is 5.07. The Labute approximate surface area is 106 Å². The van der Waals surface area contributed by atoms with Crippen LogP contribution >= 0.6 is 11.6 Å². The molecule has 0 saturated heterocycles. The fourth-order valence-electron chi connectivity index (χ4n) is 1.41. The molecule has 0 unspecified atom stereocenters. The molecule has 3 aromatic rings. The maximum absolute atomic E-state index is 5.80. The lowest BCUT2D eigenvalue weighted by Gasteiger charge is -1.92. The van der Waals surface area contributed by atoms with Gasteiger partial charge >= 0.3 is 0 Å². The Bertz CT molecular complexity index is 674. The number of nitrogens with two attached hydrogens (primary N) is 1. The molecule has 0 fully saturated rings. The standard InChI is InChI=1S/C10H7ClN6O/c11-6-3-1-5(2-4-6)7-13-9(18-17-7)8-14-10(12)16-15-8/h1-4H,(H3,12,14,15,16). The number of rotatable bonds is 2. The van der Waals surface area contributed by atoms with Crippen molar-refractivity contribution in [3.8, 4) is 23.1 Å². The van der Waals surface area contributed by atoms with Crippen molar-refractivity contribution in [3.05, 3.63) is 29.3 Å². The number of hydrogen-bond acceptors (Lipinski definition) is 6. The van der Waals surface area contributed by atoms with Crippen molar-refractivity contribution < 1.29 is 4.52 Å². The molecule has 0 atom stereocenters. The minimum Gasteiger partial charge on any atom is -0.366 e. The average Bonchev–Trinajstić information content (AvgIpc) is 2.98. The fraction of sp³-hybridized carbons (Fsp3) is 0. The highest BCUT2D eigenvalue weighted by Crippen LogP contribution is 2.21. The number of H-pyrrole nitrogens is 1. The van der Waals surface area contributed by atoms with Crippen LogP contribution in [0.2, 0.25) is 5.02 Å². The molecule has 3 N–H and O–H groups in total. The van der Waals surface area contributed by atoms with Crippen molar-refractivity contribution in [3.63, 3.8) is 0 Å². The third-order valence-corrected chi connectivity index (χ3v) is 2.49. The molecule has 0 radical (unpaired) electrons. The normalized spacial score (nSPS) is 10.7. The zero-order chi connectivity index (χ0) is 12.5. The minimum atomic E-state index is 0.122. The van der Waals surface area contributed by atoms with Gasteiger partial charge in [-0.3, -0.25) is 5.10 Å². The molecule has 0 saturated carbocycles. The monoisotopic (exact) mass is 262 g/mol. The number of aromatic nitrogens is 5. The van der Waals surface area contributed by atoms with E-state index in [0.29, 0.717) is 16.7 Å². The first-order valence-corrected chi connectivity index (χ1v) is 5.38. The van der Waals surface area contributed by atoms with Crippen molar-refractivity contribution in [2.24, 2.45) is 0 Å². The highest BCUT2D eigenvalue weighted by atomic mass is 35.5. The van der Waals surface area contributed by atoms with Gasteiger partial charge in [-0.15, -0.1) is 5.10 Å². The van der Waals surface area contributed by atoms with Crippen LogP contribution in [0, 0.1) is 0 Å². The fourth-order valence-corrected chi connectivity index (χ4v) is 1.53. The van der Waals surface area contributed by atoms with Crippen LogP contribution in [0.3, 0.4) is 0 Å². The van der Waals surface area contributed by atoms with E-state index in [1.54, 1.807) is 24.3 Å². The number of nitrogens with one attached hydrogen (secondary N) is 1. The first-order valence-electron chi connectivity index (χ1n) is 5.00. The molecule has 3 rings (SSSR count). The molecule has 90 valence electrons. The Hall–Kier alpha value is -2.41. The summed E-state index contributed by atoms with van der Waals surface area (Å²) in [5.41, 5.74) is 6.19. The summed E-state index contributed by atoms with van der Waals surface area (Å²) in [7, 11) is 0. The summed E-state index contributed by atoms with van der Waals surface area (Å²) in [4.78, 5) is 8.08. The maximum Gasteiger partial charge on any atom is 0.295 e. The average molecular weight is 263 g/mol. The second-order valence-electron chi connectivity index (χ2n) is 3.47. The number of anilines is 1. The molecular formula is C10H7ClN6O. The summed E-state index contributed by atoms with van der Waals surface area (Å²) in [5.74, 6) is 1.12. The summed E-state index contributed by atoms with van der Waals surface area (Å²) >= 11 is 5.80. The number of nitrogen functional groups attached to an aromatic ring is 1. The number of benzene rings is 1. The quantitative estimate of drug-likeness (QED) is 0.729. The van der Waals surface area contributed by atoms with Gasteiger partial charge in [0.2, 0.25) is 17.6 Å². The van der Waals surface area contributed by atoms with Gasteiger partial charge in [-0.1, -0.05) is 16.8 Å². The molecular weight excluding hydrogens is 256 g/mol. The Morgan fingerprint density at radius 1 is 1.17 bits per heavy atom. The van der Waals surface area contributed by atoms with Gasteiger partial charge in [0.25, 0.3) is 5.89 Å². The van der Waals surface area contributed by atoms with Gasteiger partial charge in [-0.25, -0.2) is 0 Å². The summed E-state index contributed by atoms with van der Waals surface area (Å²) in [6, 6.07) is 7.09. The predicted molar refractivity (Wildman–Crippen MR) is 64.5 cm³/mol. The van der Waals surface area contributed by atoms with E-state index in [1.165, 1.54) is 0 Å². The van der Waals surface area contributed by atoms with E-state index in [2.05, 4.69) is 25.3 Å². The lowest BCUT2D eigenvalue weighted by atomic mass is 10.2. The molecule has 0 amide bonds. The van der Waals surface area contributed by atoms with Crippen LogP contribution < -0.4 is 5.73 Å². The SMILES string of the molecule is Nc1n[nH]c(-c2nc(-c3ccc(Cl)cc3)no2)n1. The van der Waals surface area contributed by atoms with Crippen LogP contribution in [0.25, 0.3) is 23.1 Å². The molecule has 0 spiro atoms. The molecule has 2 aromatic heterocycles. The first kappa shape index (κ1) is 10.7. The van der Waals surface area contributed by atoms with Crippen LogP contribution in [0.4, 0.5) is 5.95 Å². The van der Waals surface area contributed by atoms with E-state index in [4.69, 9.17) is 21.9 Å². The smallest absolute Gasteiger partial charge is 0.295 e. The molecule has 18 heavy (non-hydrogen) atoms. The van der Waals surface area contributed by atoms with Crippen molar-refractivity contribution in [2.75, 3.05) is 5.73 Å². The highest BCUT2D eigenvalue weighted by molar-refractivity contribution is 6.30. The summed E-state index contributed by atoms with van der Waals surface area (Å²) in [6.07, 6.45) is 0. The van der Waals surface area contributed by atoms with Gasteiger partial charge in [-0.2, -0.15) is 9.97 Å². The summed E-state index contributed by atoms with van der Waals surface area (Å²) in [5, 5.41) is 10.8. The Morgan fingerprint density at radius 2 is 1.94 bits per heavy atom. The van der Waals surface area contributed by atoms with E-state index < -0.39 is 0 Å². The highest BCUT2D eigenvalue weighted by Gasteiger charge is 2.13. The van der Waals surface area contributed by atoms with Crippen LogP contribution in [-0.4, -0.2) is 25.3 Å². The van der Waals surface area contributed by atoms with Crippen LogP contribution in [0.15, 0.2) is 28.8 Å². The topological polar surface area (TPSA) is 107 Å². The summed E-state index contributed by atoms with van der Waals surface area (Å²) in [6.45, 7) is 0. The molecule has 7 nitrogen and oxygen atoms in total. The Balaban J connectivity index is 1.96. The molecule has 1 aromatic carbocycles. The Morgan fingerprint density at radius 3 is 2.61 bits per heavy atom. The molecule has 8 heteroatoms. The third kappa shape index (κ3) is 1.91. The van der Waals surface area contributed by atoms with Crippen molar-refractivity contribution >= 4 is 17.5 Å². The zero-order valence-electron chi connectivity index (χ0n) is 8.96. The lowest BCUT2D eigenvalue weighted by Crippen LogP contribution is -1.85. The maximum atomic E-state index is 5.80. The van der Waals surface area contributed by atoms with Crippen LogP contribution in [-0.2, 0) is 0 Å². The van der Waals surface area contributed by atoms with Crippen molar-refractivity contribution in [2.45, 2.75) is 0 Å². The second-order valence-corrected chi connectivity index (χ2v) is 3.91. The first-order chi connectivity index (χ1) is 8.72. The predicted octanol–water partition coefficient (Wildman–Crippen LogP) is 1.76. The van der Waals surface area contributed by atoms with Gasteiger partial charge in [0, 0.05) is 10.6 Å². The number of hydrogen-bond donors (Lipinski definition) is 2. The second kappa shape index (κ2) is 4.11. The van der Waals surface area contributed by atoms with Crippen LogP contribution in [0.1, 0.15) is 0 Å². The lowest BCUT2D eigenvalue weighted by molar-refractivity contribution is 0.429. The van der Waals surface area contributed by atoms with Gasteiger partial charge in [0.15, 0.2) is 0 Å². The number of nitrogens with zero attached hydrogens (tertiary/aromatic N) is 4. The number of halogens is 1. The zero-order valence-corrected chi connectivity index (χ0v) is 9.72. The van der Waals surface area contributed by atoms with Crippen molar-refractivity contribution in [1.29, 1.82) is 0 Å². The molecule has 0 aliphatic carbocycles. The van der Waals surface area contributed by atoms with E-state index in [0.717, 1.165) is 5.56 Å². The van der Waals surface area contributed by atoms with Gasteiger partial charge in [0.05, 0.1) is 0 Å². The minimum absolute atomic E-state index is 0.122. The largest absolute Gasteiger partial charge is 0.366 e.